The molecule has 0 aliphatic rings. The summed E-state index contributed by atoms with van der Waals surface area (Å²) in [5.74, 6) is -0.112. The number of amides is 1. The second-order valence-electron chi connectivity index (χ2n) is 5.71. The van der Waals surface area contributed by atoms with Crippen molar-refractivity contribution in [3.63, 3.8) is 0 Å². The molecule has 0 fully saturated rings. The van der Waals surface area contributed by atoms with Gasteiger partial charge < -0.3 is 19.5 Å². The molecule has 1 amide bonds. The van der Waals surface area contributed by atoms with Crippen molar-refractivity contribution in [3.8, 4) is 11.5 Å². The van der Waals surface area contributed by atoms with E-state index in [0.29, 0.717) is 24.7 Å². The van der Waals surface area contributed by atoms with Gasteiger partial charge in [0.05, 0.1) is 18.6 Å². The van der Waals surface area contributed by atoms with Gasteiger partial charge in [0.25, 0.3) is 0 Å². The van der Waals surface area contributed by atoms with E-state index in [1.165, 1.54) is 11.9 Å². The van der Waals surface area contributed by atoms with Crippen LogP contribution in [-0.2, 0) is 15.0 Å². The number of carboxylic acids is 1. The average molecular weight is 323 g/mol. The minimum absolute atomic E-state index is 0.272. The lowest BCUT2D eigenvalue weighted by Crippen LogP contribution is -2.43. The summed E-state index contributed by atoms with van der Waals surface area (Å²) in [4.78, 5) is 24.6. The van der Waals surface area contributed by atoms with Gasteiger partial charge in [0.1, 0.15) is 6.54 Å². The summed E-state index contributed by atoms with van der Waals surface area (Å²) >= 11 is 0. The topological polar surface area (TPSA) is 76.1 Å². The van der Waals surface area contributed by atoms with Gasteiger partial charge >= 0.3 is 5.97 Å². The first-order chi connectivity index (χ1) is 10.7. The Labute approximate surface area is 137 Å². The van der Waals surface area contributed by atoms with Gasteiger partial charge in [-0.25, -0.2) is 0 Å². The fourth-order valence-electron chi connectivity index (χ4n) is 2.32. The van der Waals surface area contributed by atoms with Crippen LogP contribution in [0.25, 0.3) is 0 Å². The normalized spacial score (nSPS) is 11.0. The maximum absolute atomic E-state index is 12.6. The van der Waals surface area contributed by atoms with Gasteiger partial charge in [-0.2, -0.15) is 0 Å². The third kappa shape index (κ3) is 4.61. The van der Waals surface area contributed by atoms with Crippen molar-refractivity contribution in [2.75, 3.05) is 26.8 Å². The monoisotopic (exact) mass is 323 g/mol. The van der Waals surface area contributed by atoms with Gasteiger partial charge in [-0.05, 0) is 45.4 Å². The summed E-state index contributed by atoms with van der Waals surface area (Å²) in [6, 6.07) is 5.36. The second-order valence-corrected chi connectivity index (χ2v) is 5.71. The average Bonchev–Trinajstić information content (AvgIpc) is 2.47. The molecule has 1 N–H and O–H groups in total. The van der Waals surface area contributed by atoms with Crippen LogP contribution in [0.3, 0.4) is 0 Å². The minimum atomic E-state index is -1.04. The van der Waals surface area contributed by atoms with Crippen molar-refractivity contribution in [1.82, 2.24) is 4.90 Å². The fraction of sp³-hybridized carbons (Fsp3) is 0.529. The molecule has 0 bridgehead atoms. The smallest absolute Gasteiger partial charge is 0.323 e. The molecule has 0 saturated carbocycles. The van der Waals surface area contributed by atoms with Gasteiger partial charge in [0.15, 0.2) is 11.5 Å². The summed E-state index contributed by atoms with van der Waals surface area (Å²) < 4.78 is 11.1. The fourth-order valence-corrected chi connectivity index (χ4v) is 2.32. The van der Waals surface area contributed by atoms with Crippen molar-refractivity contribution in [1.29, 1.82) is 0 Å². The van der Waals surface area contributed by atoms with Gasteiger partial charge in [0, 0.05) is 7.05 Å². The Morgan fingerprint density at radius 3 is 2.22 bits per heavy atom. The lowest BCUT2D eigenvalue weighted by molar-refractivity contribution is -0.145. The molecular weight excluding hydrogens is 298 g/mol. The molecule has 0 aliphatic heterocycles. The van der Waals surface area contributed by atoms with E-state index in [2.05, 4.69) is 0 Å². The van der Waals surface area contributed by atoms with Crippen LogP contribution in [0.1, 0.15) is 33.3 Å². The molecule has 0 atom stereocenters. The SMILES string of the molecule is CCOc1ccc(C(C)(C)C(=O)N(C)CC(=O)O)cc1OCC. The molecule has 0 aromatic heterocycles. The van der Waals surface area contributed by atoms with Gasteiger partial charge in [0.2, 0.25) is 5.91 Å². The highest BCUT2D eigenvalue weighted by Crippen LogP contribution is 2.34. The van der Waals surface area contributed by atoms with Crippen LogP contribution in [0.15, 0.2) is 18.2 Å². The third-order valence-corrected chi connectivity index (χ3v) is 3.52. The van der Waals surface area contributed by atoms with Crippen LogP contribution in [0.4, 0.5) is 0 Å². The number of carbonyl (C=O) groups excluding carboxylic acids is 1. The van der Waals surface area contributed by atoms with E-state index in [-0.39, 0.29) is 12.5 Å². The van der Waals surface area contributed by atoms with Crippen LogP contribution in [-0.4, -0.2) is 48.7 Å². The summed E-state index contributed by atoms with van der Waals surface area (Å²) in [5, 5.41) is 8.85. The third-order valence-electron chi connectivity index (χ3n) is 3.52. The van der Waals surface area contributed by atoms with E-state index in [9.17, 15) is 9.59 Å². The lowest BCUT2D eigenvalue weighted by Gasteiger charge is -2.29. The number of rotatable bonds is 8. The number of hydrogen-bond acceptors (Lipinski definition) is 4. The van der Waals surface area contributed by atoms with Crippen LogP contribution >= 0.6 is 0 Å². The molecule has 1 aromatic carbocycles. The maximum atomic E-state index is 12.6. The van der Waals surface area contributed by atoms with Crippen molar-refractivity contribution >= 4 is 11.9 Å². The highest BCUT2D eigenvalue weighted by atomic mass is 16.5. The van der Waals surface area contributed by atoms with Crippen LogP contribution in [0.5, 0.6) is 11.5 Å². The van der Waals surface area contributed by atoms with E-state index >= 15 is 0 Å². The Morgan fingerprint density at radius 1 is 1.13 bits per heavy atom. The van der Waals surface area contributed by atoms with Crippen LogP contribution < -0.4 is 9.47 Å². The Balaban J connectivity index is 3.14. The zero-order valence-corrected chi connectivity index (χ0v) is 14.4. The molecule has 1 aromatic rings. The first-order valence-corrected chi connectivity index (χ1v) is 7.61. The molecule has 0 saturated heterocycles. The quantitative estimate of drug-likeness (QED) is 0.794. The maximum Gasteiger partial charge on any atom is 0.323 e. The molecule has 6 nitrogen and oxygen atoms in total. The molecule has 23 heavy (non-hydrogen) atoms. The summed E-state index contributed by atoms with van der Waals surface area (Å²) in [5.41, 5.74) is -0.132. The largest absolute Gasteiger partial charge is 0.490 e. The summed E-state index contributed by atoms with van der Waals surface area (Å²) in [7, 11) is 1.48. The Hall–Kier alpha value is -2.24. The lowest BCUT2D eigenvalue weighted by atomic mass is 9.83. The molecule has 0 unspecified atom stereocenters. The molecule has 0 aliphatic carbocycles. The predicted molar refractivity (Wildman–Crippen MR) is 87.1 cm³/mol. The first kappa shape index (κ1) is 18.8. The number of nitrogens with zero attached hydrogens (tertiary/aromatic N) is 1. The molecule has 0 spiro atoms. The number of aliphatic carboxylic acids is 1. The van der Waals surface area contributed by atoms with E-state index < -0.39 is 11.4 Å². The number of hydrogen-bond donors (Lipinski definition) is 1. The summed E-state index contributed by atoms with van der Waals surface area (Å²) in [6.45, 7) is 7.95. The molecular formula is C17H25NO5. The van der Waals surface area contributed by atoms with Crippen LogP contribution in [0, 0.1) is 0 Å². The highest BCUT2D eigenvalue weighted by Gasteiger charge is 2.33. The van der Waals surface area contributed by atoms with Crippen molar-refractivity contribution in [2.45, 2.75) is 33.1 Å². The van der Waals surface area contributed by atoms with E-state index in [1.807, 2.05) is 13.8 Å². The van der Waals surface area contributed by atoms with Gasteiger partial charge in [-0.3, -0.25) is 9.59 Å². The zero-order valence-electron chi connectivity index (χ0n) is 14.4. The highest BCUT2D eigenvalue weighted by molar-refractivity contribution is 5.89. The molecule has 1 rings (SSSR count). The molecule has 0 heterocycles. The second kappa shape index (κ2) is 7.85. The van der Waals surface area contributed by atoms with Crippen molar-refractivity contribution in [3.05, 3.63) is 23.8 Å². The Bertz CT molecular complexity index is 568. The van der Waals surface area contributed by atoms with Gasteiger partial charge in [-0.1, -0.05) is 6.07 Å². The van der Waals surface area contributed by atoms with Crippen molar-refractivity contribution < 1.29 is 24.2 Å². The minimum Gasteiger partial charge on any atom is -0.490 e. The van der Waals surface area contributed by atoms with E-state index in [1.54, 1.807) is 32.0 Å². The number of ether oxygens (including phenoxy) is 2. The summed E-state index contributed by atoms with van der Waals surface area (Å²) in [6.07, 6.45) is 0. The van der Waals surface area contributed by atoms with Gasteiger partial charge in [-0.15, -0.1) is 0 Å². The Kier molecular flexibility index (Phi) is 6.42. The van der Waals surface area contributed by atoms with E-state index in [4.69, 9.17) is 14.6 Å². The number of carboxylic acid groups (broad SMARTS) is 1. The Morgan fingerprint density at radius 2 is 1.70 bits per heavy atom. The van der Waals surface area contributed by atoms with Crippen LogP contribution in [0.2, 0.25) is 0 Å². The number of likely N-dealkylation sites (N-methyl/N-ethyl adjacent to an activating group) is 1. The van der Waals surface area contributed by atoms with Crippen molar-refractivity contribution in [2.24, 2.45) is 0 Å². The number of benzene rings is 1. The predicted octanol–water partition coefficient (Wildman–Crippen LogP) is 2.30. The molecule has 128 valence electrons. The zero-order chi connectivity index (χ0) is 17.6. The molecule has 0 radical (unpaired) electrons. The number of carbonyl (C=O) groups is 2. The first-order valence-electron chi connectivity index (χ1n) is 7.61. The van der Waals surface area contributed by atoms with E-state index in [0.717, 1.165) is 5.56 Å². The standard InChI is InChI=1S/C17H25NO5/c1-6-22-13-9-8-12(10-14(13)23-7-2)17(3,4)16(21)18(5)11-15(19)20/h8-10H,6-7,11H2,1-5H3,(H,19,20). The molecule has 6 heteroatoms.